The third-order valence-electron chi connectivity index (χ3n) is 2.85. The fourth-order valence-corrected chi connectivity index (χ4v) is 2.54. The molecule has 1 aromatic heterocycles. The first-order chi connectivity index (χ1) is 8.12. The summed E-state index contributed by atoms with van der Waals surface area (Å²) in [6.45, 7) is 0.485. The number of hydrogen-bond donors (Lipinski definition) is 3. The largest absolute Gasteiger partial charge is 0.292 e. The summed E-state index contributed by atoms with van der Waals surface area (Å²) in [6.07, 6.45) is 5.83. The van der Waals surface area contributed by atoms with Crippen LogP contribution >= 0.6 is 0 Å². The summed E-state index contributed by atoms with van der Waals surface area (Å²) in [6, 6.07) is 0. The van der Waals surface area contributed by atoms with Gasteiger partial charge < -0.3 is 0 Å². The van der Waals surface area contributed by atoms with Gasteiger partial charge in [0, 0.05) is 6.54 Å². The molecule has 8 heteroatoms. The van der Waals surface area contributed by atoms with Gasteiger partial charge in [0.2, 0.25) is 16.0 Å². The molecule has 2 rings (SSSR count). The van der Waals surface area contributed by atoms with Crippen LogP contribution in [0.1, 0.15) is 19.3 Å². The van der Waals surface area contributed by atoms with E-state index in [1.807, 2.05) is 0 Å². The van der Waals surface area contributed by atoms with Gasteiger partial charge in [0.1, 0.15) is 4.90 Å². The number of hydrazine groups is 1. The van der Waals surface area contributed by atoms with Gasteiger partial charge >= 0.3 is 0 Å². The molecule has 0 aliphatic heterocycles. The first kappa shape index (κ1) is 12.2. The van der Waals surface area contributed by atoms with E-state index >= 15 is 0 Å². The first-order valence-electron chi connectivity index (χ1n) is 5.40. The summed E-state index contributed by atoms with van der Waals surface area (Å²) in [7, 11) is -3.50. The molecule has 1 heterocycles. The maximum Gasteiger partial charge on any atom is 0.243 e. The molecule has 0 unspecified atom stereocenters. The fraction of sp³-hybridized carbons (Fsp3) is 0.556. The smallest absolute Gasteiger partial charge is 0.243 e. The van der Waals surface area contributed by atoms with Crippen molar-refractivity contribution in [2.24, 2.45) is 11.8 Å². The quantitative estimate of drug-likeness (QED) is 0.499. The number of hydrogen-bond acceptors (Lipinski definition) is 6. The van der Waals surface area contributed by atoms with Crippen LogP contribution in [-0.4, -0.2) is 24.9 Å². The first-order valence-corrected chi connectivity index (χ1v) is 6.88. The summed E-state index contributed by atoms with van der Waals surface area (Å²) >= 11 is 0. The van der Waals surface area contributed by atoms with Gasteiger partial charge in [-0.1, -0.05) is 6.42 Å². The van der Waals surface area contributed by atoms with E-state index < -0.39 is 10.0 Å². The van der Waals surface area contributed by atoms with E-state index in [0.29, 0.717) is 12.5 Å². The van der Waals surface area contributed by atoms with E-state index in [1.165, 1.54) is 18.8 Å². The molecule has 1 saturated carbocycles. The minimum absolute atomic E-state index is 0.0517. The standard InChI is InChI=1S/C9H15N5O2S/c10-14-9-11-5-8(6-12-9)17(15,16)13-4-7-2-1-3-7/h5-7,13H,1-4,10H2,(H,11,12,14). The van der Waals surface area contributed by atoms with E-state index in [2.05, 4.69) is 20.1 Å². The predicted octanol–water partition coefficient (Wildman–Crippen LogP) is -0.159. The molecule has 7 nitrogen and oxygen atoms in total. The molecule has 0 amide bonds. The molecular formula is C9H15N5O2S. The Morgan fingerprint density at radius 1 is 1.35 bits per heavy atom. The summed E-state index contributed by atoms with van der Waals surface area (Å²) in [5.74, 6) is 5.74. The molecule has 1 fully saturated rings. The number of nitrogen functional groups attached to an aromatic ring is 1. The van der Waals surface area contributed by atoms with Gasteiger partial charge in [-0.05, 0) is 18.8 Å². The topological polar surface area (TPSA) is 110 Å². The van der Waals surface area contributed by atoms with Crippen LogP contribution in [-0.2, 0) is 10.0 Å². The number of nitrogens with two attached hydrogens (primary N) is 1. The number of aromatic nitrogens is 2. The number of sulfonamides is 1. The molecule has 4 N–H and O–H groups in total. The van der Waals surface area contributed by atoms with Gasteiger partial charge in [-0.25, -0.2) is 29.0 Å². The molecule has 1 aliphatic rings. The highest BCUT2D eigenvalue weighted by Crippen LogP contribution is 2.25. The second kappa shape index (κ2) is 4.94. The third kappa shape index (κ3) is 2.90. The Balaban J connectivity index is 2.02. The van der Waals surface area contributed by atoms with Crippen molar-refractivity contribution in [2.75, 3.05) is 12.0 Å². The monoisotopic (exact) mass is 257 g/mol. The highest BCUT2D eigenvalue weighted by Gasteiger charge is 2.21. The van der Waals surface area contributed by atoms with E-state index in [-0.39, 0.29) is 10.8 Å². The van der Waals surface area contributed by atoms with Crippen molar-refractivity contribution in [3.05, 3.63) is 12.4 Å². The van der Waals surface area contributed by atoms with E-state index in [4.69, 9.17) is 5.84 Å². The zero-order valence-corrected chi connectivity index (χ0v) is 10.1. The number of nitrogens with one attached hydrogen (secondary N) is 2. The zero-order chi connectivity index (χ0) is 12.3. The van der Waals surface area contributed by atoms with Gasteiger partial charge in [-0.2, -0.15) is 0 Å². The Morgan fingerprint density at radius 3 is 2.47 bits per heavy atom. The second-order valence-electron chi connectivity index (χ2n) is 4.04. The van der Waals surface area contributed by atoms with Crippen LogP contribution in [0.25, 0.3) is 0 Å². The summed E-state index contributed by atoms with van der Waals surface area (Å²) in [4.78, 5) is 7.57. The normalized spacial score (nSPS) is 16.5. The lowest BCUT2D eigenvalue weighted by Crippen LogP contribution is -2.32. The number of nitrogens with zero attached hydrogens (tertiary/aromatic N) is 2. The molecule has 0 radical (unpaired) electrons. The van der Waals surface area contributed by atoms with Gasteiger partial charge in [-0.3, -0.25) is 5.43 Å². The summed E-state index contributed by atoms with van der Waals surface area (Å²) < 4.78 is 26.2. The second-order valence-corrected chi connectivity index (χ2v) is 5.80. The van der Waals surface area contributed by atoms with Crippen LogP contribution in [0.4, 0.5) is 5.95 Å². The highest BCUT2D eigenvalue weighted by atomic mass is 32.2. The number of anilines is 1. The van der Waals surface area contributed by atoms with Crippen LogP contribution in [0, 0.1) is 5.92 Å². The van der Waals surface area contributed by atoms with E-state index in [0.717, 1.165) is 12.8 Å². The van der Waals surface area contributed by atoms with Gasteiger partial charge in [0.05, 0.1) is 12.4 Å². The summed E-state index contributed by atoms with van der Waals surface area (Å²) in [5.41, 5.74) is 2.24. The fourth-order valence-electron chi connectivity index (χ4n) is 1.54. The minimum Gasteiger partial charge on any atom is -0.292 e. The minimum atomic E-state index is -3.50. The lowest BCUT2D eigenvalue weighted by atomic mass is 9.86. The van der Waals surface area contributed by atoms with Crippen LogP contribution in [0.2, 0.25) is 0 Å². The van der Waals surface area contributed by atoms with Crippen molar-refractivity contribution in [2.45, 2.75) is 24.2 Å². The molecule has 1 aromatic rings. The predicted molar refractivity (Wildman–Crippen MR) is 62.4 cm³/mol. The molecule has 17 heavy (non-hydrogen) atoms. The van der Waals surface area contributed by atoms with Crippen LogP contribution in [0.5, 0.6) is 0 Å². The Morgan fingerprint density at radius 2 is 2.00 bits per heavy atom. The molecule has 0 spiro atoms. The molecule has 0 bridgehead atoms. The maximum atomic E-state index is 11.8. The lowest BCUT2D eigenvalue weighted by molar-refractivity contribution is 0.316. The van der Waals surface area contributed by atoms with Crippen molar-refractivity contribution in [3.8, 4) is 0 Å². The molecule has 0 atom stereocenters. The molecule has 1 aliphatic carbocycles. The van der Waals surface area contributed by atoms with Gasteiger partial charge in [-0.15, -0.1) is 0 Å². The Hall–Kier alpha value is -1.25. The number of rotatable bonds is 5. The average molecular weight is 257 g/mol. The third-order valence-corrected chi connectivity index (χ3v) is 4.23. The molecular weight excluding hydrogens is 242 g/mol. The lowest BCUT2D eigenvalue weighted by Gasteiger charge is -2.25. The van der Waals surface area contributed by atoms with E-state index in [1.54, 1.807) is 0 Å². The Bertz CT molecular complexity index is 469. The van der Waals surface area contributed by atoms with Gasteiger partial charge in [0.15, 0.2) is 0 Å². The van der Waals surface area contributed by atoms with Crippen LogP contribution in [0.15, 0.2) is 17.3 Å². The average Bonchev–Trinajstić information content (AvgIpc) is 2.27. The zero-order valence-electron chi connectivity index (χ0n) is 9.26. The SMILES string of the molecule is NNc1ncc(S(=O)(=O)NCC2CCC2)cn1. The van der Waals surface area contributed by atoms with Crippen LogP contribution in [0.3, 0.4) is 0 Å². The Labute approximate surface area is 99.9 Å². The van der Waals surface area contributed by atoms with Crippen LogP contribution < -0.4 is 16.0 Å². The van der Waals surface area contributed by atoms with E-state index in [9.17, 15) is 8.42 Å². The van der Waals surface area contributed by atoms with Crippen molar-refractivity contribution < 1.29 is 8.42 Å². The maximum absolute atomic E-state index is 11.8. The van der Waals surface area contributed by atoms with Gasteiger partial charge in [0.25, 0.3) is 0 Å². The van der Waals surface area contributed by atoms with Crippen molar-refractivity contribution in [1.29, 1.82) is 0 Å². The highest BCUT2D eigenvalue weighted by molar-refractivity contribution is 7.89. The summed E-state index contributed by atoms with van der Waals surface area (Å²) in [5, 5.41) is 0. The molecule has 94 valence electrons. The molecule has 0 aromatic carbocycles. The Kier molecular flexibility index (Phi) is 3.55. The van der Waals surface area contributed by atoms with Crippen molar-refractivity contribution >= 4 is 16.0 Å². The van der Waals surface area contributed by atoms with Crippen molar-refractivity contribution in [3.63, 3.8) is 0 Å². The molecule has 0 saturated heterocycles. The van der Waals surface area contributed by atoms with Crippen molar-refractivity contribution in [1.82, 2.24) is 14.7 Å².